The van der Waals surface area contributed by atoms with Crippen molar-refractivity contribution in [2.75, 3.05) is 19.7 Å². The van der Waals surface area contributed by atoms with Gasteiger partial charge in [0, 0.05) is 13.1 Å². The van der Waals surface area contributed by atoms with Crippen LogP contribution in [0.15, 0.2) is 0 Å². The summed E-state index contributed by atoms with van der Waals surface area (Å²) in [5.74, 6) is -0.962. The molecule has 2 aliphatic rings. The summed E-state index contributed by atoms with van der Waals surface area (Å²) in [6, 6.07) is 0. The van der Waals surface area contributed by atoms with E-state index in [1.807, 2.05) is 0 Å². The molecule has 0 aromatic heterocycles. The normalized spacial score (nSPS) is 27.9. The molecule has 0 bridgehead atoms. The molecule has 0 spiro atoms. The van der Waals surface area contributed by atoms with Crippen molar-refractivity contribution in [3.63, 3.8) is 0 Å². The second-order valence-electron chi connectivity index (χ2n) is 4.19. The Kier molecular flexibility index (Phi) is 3.18. The Morgan fingerprint density at radius 3 is 2.69 bits per heavy atom. The number of nitrogens with zero attached hydrogens (tertiary/aromatic N) is 1. The third-order valence-corrected chi connectivity index (χ3v) is 5.17. The summed E-state index contributed by atoms with van der Waals surface area (Å²) in [7, 11) is -3.20. The Bertz CT molecular complexity index is 375. The minimum Gasteiger partial charge on any atom is -0.481 e. The lowest BCUT2D eigenvalue weighted by molar-refractivity contribution is -0.141. The quantitative estimate of drug-likeness (QED) is 0.736. The van der Waals surface area contributed by atoms with E-state index in [-0.39, 0.29) is 24.8 Å². The van der Waals surface area contributed by atoms with Gasteiger partial charge in [-0.2, -0.15) is 4.31 Å². The van der Waals surface area contributed by atoms with Gasteiger partial charge < -0.3 is 9.84 Å². The first kappa shape index (κ1) is 11.8. The highest BCUT2D eigenvalue weighted by Gasteiger charge is 2.41. The van der Waals surface area contributed by atoms with Crippen LogP contribution in [0.3, 0.4) is 0 Å². The number of sulfonamides is 1. The van der Waals surface area contributed by atoms with E-state index in [0.717, 1.165) is 12.8 Å². The monoisotopic (exact) mass is 249 g/mol. The molecule has 92 valence electrons. The molecule has 16 heavy (non-hydrogen) atoms. The number of hydrogen-bond acceptors (Lipinski definition) is 4. The molecule has 1 atom stereocenters. The highest BCUT2D eigenvalue weighted by molar-refractivity contribution is 7.90. The summed E-state index contributed by atoms with van der Waals surface area (Å²) in [4.78, 5) is 10.5. The standard InChI is InChI=1S/C9H15NO5S/c11-9(12)5-7-6-10(3-4-15-7)16(13,14)8-1-2-8/h7-8H,1-6H2,(H,11,12). The molecule has 1 heterocycles. The number of rotatable bonds is 4. The van der Waals surface area contributed by atoms with Gasteiger partial charge in [0.15, 0.2) is 0 Å². The van der Waals surface area contributed by atoms with Crippen molar-refractivity contribution in [2.24, 2.45) is 0 Å². The van der Waals surface area contributed by atoms with E-state index in [9.17, 15) is 13.2 Å². The molecule has 2 rings (SSSR count). The summed E-state index contributed by atoms with van der Waals surface area (Å²) < 4.78 is 30.4. The molecule has 0 radical (unpaired) electrons. The largest absolute Gasteiger partial charge is 0.481 e. The number of hydrogen-bond donors (Lipinski definition) is 1. The summed E-state index contributed by atoms with van der Waals surface area (Å²) in [6.07, 6.45) is 0.795. The second-order valence-corrected chi connectivity index (χ2v) is 6.41. The van der Waals surface area contributed by atoms with Gasteiger partial charge in [-0.1, -0.05) is 0 Å². The number of ether oxygens (including phenoxy) is 1. The van der Waals surface area contributed by atoms with Crippen LogP contribution in [0, 0.1) is 0 Å². The maximum Gasteiger partial charge on any atom is 0.306 e. The Morgan fingerprint density at radius 2 is 2.12 bits per heavy atom. The molecule has 6 nitrogen and oxygen atoms in total. The molecular formula is C9H15NO5S. The van der Waals surface area contributed by atoms with Gasteiger partial charge in [-0.3, -0.25) is 4.79 Å². The van der Waals surface area contributed by atoms with Gasteiger partial charge in [-0.05, 0) is 12.8 Å². The van der Waals surface area contributed by atoms with Gasteiger partial charge in [0.05, 0.1) is 24.4 Å². The maximum atomic E-state index is 11.9. The molecular weight excluding hydrogens is 234 g/mol. The zero-order chi connectivity index (χ0) is 11.8. The van der Waals surface area contributed by atoms with E-state index in [4.69, 9.17) is 9.84 Å². The fourth-order valence-corrected chi connectivity index (χ4v) is 3.67. The molecule has 1 saturated heterocycles. The van der Waals surface area contributed by atoms with Gasteiger partial charge in [-0.25, -0.2) is 8.42 Å². The van der Waals surface area contributed by atoms with Crippen molar-refractivity contribution in [3.05, 3.63) is 0 Å². The molecule has 0 aromatic carbocycles. The zero-order valence-electron chi connectivity index (χ0n) is 8.83. The molecule has 0 amide bonds. The Labute approximate surface area is 94.2 Å². The Morgan fingerprint density at radius 1 is 1.44 bits per heavy atom. The van der Waals surface area contributed by atoms with E-state index < -0.39 is 22.1 Å². The van der Waals surface area contributed by atoms with Crippen molar-refractivity contribution in [2.45, 2.75) is 30.6 Å². The lowest BCUT2D eigenvalue weighted by Crippen LogP contribution is -2.47. The van der Waals surface area contributed by atoms with Crippen molar-refractivity contribution in [1.29, 1.82) is 0 Å². The zero-order valence-corrected chi connectivity index (χ0v) is 9.65. The number of morpholine rings is 1. The topological polar surface area (TPSA) is 83.9 Å². The smallest absolute Gasteiger partial charge is 0.306 e. The Balaban J connectivity index is 1.98. The molecule has 7 heteroatoms. The van der Waals surface area contributed by atoms with Crippen molar-refractivity contribution >= 4 is 16.0 Å². The average molecular weight is 249 g/mol. The number of aliphatic carboxylic acids is 1. The molecule has 2 fully saturated rings. The predicted molar refractivity (Wildman–Crippen MR) is 55.5 cm³/mol. The summed E-state index contributed by atoms with van der Waals surface area (Å²) in [5, 5.41) is 8.39. The first-order valence-electron chi connectivity index (χ1n) is 5.32. The third kappa shape index (κ3) is 2.53. The lowest BCUT2D eigenvalue weighted by atomic mass is 10.2. The highest BCUT2D eigenvalue weighted by Crippen LogP contribution is 2.31. The van der Waals surface area contributed by atoms with Gasteiger partial charge in [-0.15, -0.1) is 0 Å². The van der Waals surface area contributed by atoms with Crippen LogP contribution in [0.25, 0.3) is 0 Å². The molecule has 0 aromatic rings. The summed E-state index contributed by atoms with van der Waals surface area (Å²) in [6.45, 7) is 0.796. The van der Waals surface area contributed by atoms with Gasteiger partial charge in [0.2, 0.25) is 10.0 Å². The number of carbonyl (C=O) groups is 1. The van der Waals surface area contributed by atoms with E-state index >= 15 is 0 Å². The average Bonchev–Trinajstić information content (AvgIpc) is 3.00. The van der Waals surface area contributed by atoms with Gasteiger partial charge in [0.25, 0.3) is 0 Å². The van der Waals surface area contributed by atoms with Crippen molar-refractivity contribution in [1.82, 2.24) is 4.31 Å². The van der Waals surface area contributed by atoms with Crippen LogP contribution in [0.2, 0.25) is 0 Å². The Hall–Kier alpha value is -0.660. The van der Waals surface area contributed by atoms with Gasteiger partial charge in [0.1, 0.15) is 0 Å². The fourth-order valence-electron chi connectivity index (χ4n) is 1.82. The van der Waals surface area contributed by atoms with Crippen LogP contribution in [-0.4, -0.2) is 54.8 Å². The van der Waals surface area contributed by atoms with Crippen LogP contribution in [0.4, 0.5) is 0 Å². The van der Waals surface area contributed by atoms with E-state index in [0.29, 0.717) is 6.54 Å². The van der Waals surface area contributed by atoms with Crippen LogP contribution in [0.5, 0.6) is 0 Å². The predicted octanol–water partition coefficient (Wildman–Crippen LogP) is -0.346. The lowest BCUT2D eigenvalue weighted by Gasteiger charge is -2.31. The highest BCUT2D eigenvalue weighted by atomic mass is 32.2. The van der Waals surface area contributed by atoms with Crippen LogP contribution < -0.4 is 0 Å². The SMILES string of the molecule is O=C(O)CC1CN(S(=O)(=O)C2CC2)CCO1. The van der Waals surface area contributed by atoms with E-state index in [1.165, 1.54) is 4.31 Å². The first-order chi connectivity index (χ1) is 7.50. The number of carboxylic acid groups (broad SMARTS) is 1. The second kappa shape index (κ2) is 4.31. The van der Waals surface area contributed by atoms with Crippen LogP contribution in [-0.2, 0) is 19.6 Å². The first-order valence-corrected chi connectivity index (χ1v) is 6.83. The third-order valence-electron chi connectivity index (χ3n) is 2.81. The molecule has 1 saturated carbocycles. The summed E-state index contributed by atoms with van der Waals surface area (Å²) in [5.41, 5.74) is 0. The van der Waals surface area contributed by atoms with E-state index in [2.05, 4.69) is 0 Å². The minimum atomic E-state index is -3.20. The molecule has 1 N–H and O–H groups in total. The van der Waals surface area contributed by atoms with Crippen LogP contribution >= 0.6 is 0 Å². The molecule has 1 aliphatic heterocycles. The maximum absolute atomic E-state index is 11.9. The van der Waals surface area contributed by atoms with Gasteiger partial charge >= 0.3 is 5.97 Å². The van der Waals surface area contributed by atoms with Crippen LogP contribution in [0.1, 0.15) is 19.3 Å². The number of carboxylic acids is 1. The molecule has 1 aliphatic carbocycles. The minimum absolute atomic E-state index is 0.142. The summed E-state index contributed by atoms with van der Waals surface area (Å²) >= 11 is 0. The molecule has 1 unspecified atom stereocenters. The van der Waals surface area contributed by atoms with Crippen molar-refractivity contribution in [3.8, 4) is 0 Å². The van der Waals surface area contributed by atoms with E-state index in [1.54, 1.807) is 0 Å². The fraction of sp³-hybridized carbons (Fsp3) is 0.889. The van der Waals surface area contributed by atoms with Crippen molar-refractivity contribution < 1.29 is 23.1 Å².